The number of halogens is 2. The van der Waals surface area contributed by atoms with Crippen molar-refractivity contribution in [3.63, 3.8) is 0 Å². The van der Waals surface area contributed by atoms with Crippen LogP contribution in [-0.2, 0) is 11.3 Å². The summed E-state index contributed by atoms with van der Waals surface area (Å²) in [5.41, 5.74) is 2.84. The summed E-state index contributed by atoms with van der Waals surface area (Å²) in [6.45, 7) is 6.01. The molecule has 32 heavy (non-hydrogen) atoms. The van der Waals surface area contributed by atoms with Crippen LogP contribution in [0.1, 0.15) is 24.0 Å². The number of urea groups is 1. The fraction of sp³-hybridized carbons (Fsp3) is 0.458. The highest BCUT2D eigenvalue weighted by atomic mass is 19.1. The van der Waals surface area contributed by atoms with Crippen molar-refractivity contribution in [2.75, 3.05) is 49.2 Å². The van der Waals surface area contributed by atoms with Gasteiger partial charge in [-0.25, -0.2) is 13.6 Å². The first-order valence-corrected chi connectivity index (χ1v) is 11.2. The standard InChI is InChI=1S/C24H30F2N4O2/c1-17-4-6-20(25)23(13-17)30-8-2-3-19(16-30)28-24(31)27-15-18-5-7-22(21(26)14-18)29-9-11-32-12-10-29/h4-7,13-14,19H,2-3,8-12,15-16H2,1H3,(H2,27,28,31). The largest absolute Gasteiger partial charge is 0.378 e. The van der Waals surface area contributed by atoms with Gasteiger partial charge in [-0.15, -0.1) is 0 Å². The first kappa shape index (κ1) is 22.3. The smallest absolute Gasteiger partial charge is 0.315 e. The molecule has 2 aliphatic heterocycles. The molecule has 0 radical (unpaired) electrons. The fourth-order valence-corrected chi connectivity index (χ4v) is 4.32. The number of benzene rings is 2. The number of nitrogens with zero attached hydrogens (tertiary/aromatic N) is 2. The molecule has 2 aromatic rings. The number of rotatable bonds is 5. The van der Waals surface area contributed by atoms with E-state index in [2.05, 4.69) is 10.6 Å². The highest BCUT2D eigenvalue weighted by molar-refractivity contribution is 5.74. The van der Waals surface area contributed by atoms with Crippen LogP contribution in [-0.4, -0.2) is 51.5 Å². The molecule has 0 spiro atoms. The van der Waals surface area contributed by atoms with Crippen molar-refractivity contribution in [3.8, 4) is 0 Å². The quantitative estimate of drug-likeness (QED) is 0.740. The van der Waals surface area contributed by atoms with Gasteiger partial charge in [-0.2, -0.15) is 0 Å². The number of anilines is 2. The molecule has 1 atom stereocenters. The Morgan fingerprint density at radius 1 is 1.03 bits per heavy atom. The zero-order valence-electron chi connectivity index (χ0n) is 18.4. The number of carbonyl (C=O) groups excluding carboxylic acids is 1. The Labute approximate surface area is 187 Å². The molecule has 2 aliphatic rings. The van der Waals surface area contributed by atoms with Crippen molar-refractivity contribution in [1.29, 1.82) is 0 Å². The number of piperidine rings is 1. The Hall–Kier alpha value is -2.87. The Morgan fingerprint density at radius 3 is 2.62 bits per heavy atom. The lowest BCUT2D eigenvalue weighted by molar-refractivity contribution is 0.122. The van der Waals surface area contributed by atoms with Crippen molar-refractivity contribution in [3.05, 3.63) is 59.2 Å². The number of nitrogens with one attached hydrogen (secondary N) is 2. The van der Waals surface area contributed by atoms with Gasteiger partial charge in [0.15, 0.2) is 0 Å². The molecule has 6 nitrogen and oxygen atoms in total. The van der Waals surface area contributed by atoms with E-state index in [1.165, 1.54) is 12.1 Å². The molecule has 2 saturated heterocycles. The molecule has 172 valence electrons. The molecule has 0 bridgehead atoms. The summed E-state index contributed by atoms with van der Waals surface area (Å²) in [6, 6.07) is 9.74. The number of aryl methyl sites for hydroxylation is 1. The summed E-state index contributed by atoms with van der Waals surface area (Å²) < 4.78 is 34.1. The fourth-order valence-electron chi connectivity index (χ4n) is 4.32. The van der Waals surface area contributed by atoms with E-state index in [-0.39, 0.29) is 30.3 Å². The minimum Gasteiger partial charge on any atom is -0.378 e. The maximum absolute atomic E-state index is 14.6. The van der Waals surface area contributed by atoms with E-state index in [1.54, 1.807) is 12.1 Å². The van der Waals surface area contributed by atoms with E-state index in [4.69, 9.17) is 4.74 Å². The van der Waals surface area contributed by atoms with Crippen molar-refractivity contribution in [1.82, 2.24) is 10.6 Å². The molecular weight excluding hydrogens is 414 g/mol. The molecule has 2 aromatic carbocycles. The first-order chi connectivity index (χ1) is 15.5. The molecule has 1 unspecified atom stereocenters. The van der Waals surface area contributed by atoms with Crippen molar-refractivity contribution in [2.45, 2.75) is 32.4 Å². The third-order valence-corrected chi connectivity index (χ3v) is 6.02. The number of hydrogen-bond donors (Lipinski definition) is 2. The molecule has 0 aromatic heterocycles. The second kappa shape index (κ2) is 10.2. The first-order valence-electron chi connectivity index (χ1n) is 11.2. The SMILES string of the molecule is Cc1ccc(F)c(N2CCCC(NC(=O)NCc3ccc(N4CCOCC4)c(F)c3)C2)c1. The highest BCUT2D eigenvalue weighted by Gasteiger charge is 2.23. The van der Waals surface area contributed by atoms with Gasteiger partial charge in [-0.05, 0) is 55.2 Å². The summed E-state index contributed by atoms with van der Waals surface area (Å²) in [4.78, 5) is 16.4. The third-order valence-electron chi connectivity index (χ3n) is 6.02. The van der Waals surface area contributed by atoms with Gasteiger partial charge in [0.1, 0.15) is 11.6 Å². The van der Waals surface area contributed by atoms with Crippen LogP contribution in [0.2, 0.25) is 0 Å². The van der Waals surface area contributed by atoms with Gasteiger partial charge < -0.3 is 25.2 Å². The van der Waals surface area contributed by atoms with Gasteiger partial charge in [-0.3, -0.25) is 0 Å². The molecule has 2 heterocycles. The van der Waals surface area contributed by atoms with Crippen molar-refractivity contribution >= 4 is 17.4 Å². The predicted octanol–water partition coefficient (Wildman–Crippen LogP) is 3.58. The Morgan fingerprint density at radius 2 is 1.84 bits per heavy atom. The molecule has 0 saturated carbocycles. The van der Waals surface area contributed by atoms with Gasteiger partial charge in [0, 0.05) is 38.8 Å². The summed E-state index contributed by atoms with van der Waals surface area (Å²) >= 11 is 0. The van der Waals surface area contributed by atoms with Crippen LogP contribution < -0.4 is 20.4 Å². The second-order valence-electron chi connectivity index (χ2n) is 8.45. The predicted molar refractivity (Wildman–Crippen MR) is 121 cm³/mol. The number of morpholine rings is 1. The summed E-state index contributed by atoms with van der Waals surface area (Å²) in [6.07, 6.45) is 1.70. The van der Waals surface area contributed by atoms with Crippen LogP contribution in [0, 0.1) is 18.6 Å². The minimum absolute atomic E-state index is 0.0795. The van der Waals surface area contributed by atoms with Crippen LogP contribution in [0.25, 0.3) is 0 Å². The van der Waals surface area contributed by atoms with Gasteiger partial charge >= 0.3 is 6.03 Å². The summed E-state index contributed by atoms with van der Waals surface area (Å²) in [5, 5.41) is 5.78. The molecule has 2 amide bonds. The van der Waals surface area contributed by atoms with Gasteiger partial charge in [0.05, 0.1) is 24.6 Å². The van der Waals surface area contributed by atoms with E-state index in [0.717, 1.165) is 24.9 Å². The van der Waals surface area contributed by atoms with Crippen molar-refractivity contribution in [2.24, 2.45) is 0 Å². The number of amides is 2. The van der Waals surface area contributed by atoms with Gasteiger partial charge in [0.2, 0.25) is 0 Å². The average molecular weight is 445 g/mol. The maximum atomic E-state index is 14.6. The molecule has 4 rings (SSSR count). The third kappa shape index (κ3) is 5.48. The van der Waals surface area contributed by atoms with Crippen LogP contribution >= 0.6 is 0 Å². The molecule has 2 fully saturated rings. The van der Waals surface area contributed by atoms with E-state index < -0.39 is 0 Å². The number of hydrogen-bond acceptors (Lipinski definition) is 4. The molecular formula is C24H30F2N4O2. The zero-order chi connectivity index (χ0) is 22.5. The Bertz CT molecular complexity index is 950. The number of ether oxygens (including phenoxy) is 1. The van der Waals surface area contributed by atoms with E-state index in [1.807, 2.05) is 28.9 Å². The van der Waals surface area contributed by atoms with Crippen LogP contribution in [0.3, 0.4) is 0 Å². The molecule has 0 aliphatic carbocycles. The normalized spacial score (nSPS) is 19.0. The Balaban J connectivity index is 1.29. The zero-order valence-corrected chi connectivity index (χ0v) is 18.4. The summed E-state index contributed by atoms with van der Waals surface area (Å²) in [5.74, 6) is -0.544. The summed E-state index contributed by atoms with van der Waals surface area (Å²) in [7, 11) is 0. The number of carbonyl (C=O) groups is 1. The van der Waals surface area contributed by atoms with E-state index in [0.29, 0.717) is 49.8 Å². The maximum Gasteiger partial charge on any atom is 0.315 e. The highest BCUT2D eigenvalue weighted by Crippen LogP contribution is 2.25. The monoisotopic (exact) mass is 444 g/mol. The van der Waals surface area contributed by atoms with Gasteiger partial charge in [0.25, 0.3) is 0 Å². The lowest BCUT2D eigenvalue weighted by atomic mass is 10.0. The topological polar surface area (TPSA) is 56.8 Å². The lowest BCUT2D eigenvalue weighted by Crippen LogP contribution is -2.50. The van der Waals surface area contributed by atoms with Crippen LogP contribution in [0.4, 0.5) is 25.0 Å². The lowest BCUT2D eigenvalue weighted by Gasteiger charge is -2.35. The molecule has 8 heteroatoms. The van der Waals surface area contributed by atoms with Gasteiger partial charge in [-0.1, -0.05) is 12.1 Å². The van der Waals surface area contributed by atoms with E-state index in [9.17, 15) is 13.6 Å². The van der Waals surface area contributed by atoms with E-state index >= 15 is 0 Å². The van der Waals surface area contributed by atoms with Crippen LogP contribution in [0.5, 0.6) is 0 Å². The van der Waals surface area contributed by atoms with Crippen LogP contribution in [0.15, 0.2) is 36.4 Å². The molecule has 2 N–H and O–H groups in total. The minimum atomic E-state index is -0.306. The second-order valence-corrected chi connectivity index (χ2v) is 8.45. The van der Waals surface area contributed by atoms with Crippen molar-refractivity contribution < 1.29 is 18.3 Å². The average Bonchev–Trinajstić information content (AvgIpc) is 2.80. The Kier molecular flexibility index (Phi) is 7.09.